The second-order valence-corrected chi connectivity index (χ2v) is 10.8. The molecule has 0 spiro atoms. The third-order valence-corrected chi connectivity index (χ3v) is 8.72. The van der Waals surface area contributed by atoms with E-state index < -0.39 is 40.8 Å². The fourth-order valence-electron chi connectivity index (χ4n) is 6.78. The van der Waals surface area contributed by atoms with Gasteiger partial charge in [-0.3, -0.25) is 19.2 Å². The molecular weight excluding hydrogens is 436 g/mol. The summed E-state index contributed by atoms with van der Waals surface area (Å²) in [7, 11) is 0. The minimum Gasteiger partial charge on any atom is -0.458 e. The average molecular weight is 475 g/mol. The number of carbonyl (C=O) groups is 4. The van der Waals surface area contributed by atoms with E-state index in [0.717, 1.165) is 18.4 Å². The molecule has 188 valence electrons. The fraction of sp³-hybridized carbons (Fsp3) is 0.704. The number of aliphatic hydroxyl groups is 1. The number of aliphatic hydroxyl groups excluding tert-OH is 1. The second-order valence-electron chi connectivity index (χ2n) is 10.8. The maximum absolute atomic E-state index is 13.5. The first-order valence-electron chi connectivity index (χ1n) is 12.4. The molecule has 5 atom stereocenters. The second kappa shape index (κ2) is 9.76. The van der Waals surface area contributed by atoms with Gasteiger partial charge in [0.05, 0.1) is 0 Å². The van der Waals surface area contributed by atoms with Gasteiger partial charge in [0.25, 0.3) is 0 Å². The van der Waals surface area contributed by atoms with Crippen molar-refractivity contribution in [2.24, 2.45) is 28.6 Å². The molecule has 0 amide bonds. The van der Waals surface area contributed by atoms with E-state index in [0.29, 0.717) is 19.3 Å². The van der Waals surface area contributed by atoms with Gasteiger partial charge < -0.3 is 14.6 Å². The van der Waals surface area contributed by atoms with Gasteiger partial charge in [-0.15, -0.1) is 0 Å². The Kier molecular flexibility index (Phi) is 7.56. The Hall–Kier alpha value is -2.28. The normalized spacial score (nSPS) is 34.2. The number of esters is 2. The van der Waals surface area contributed by atoms with Gasteiger partial charge in [0.15, 0.2) is 18.0 Å². The van der Waals surface area contributed by atoms with Gasteiger partial charge in [-0.25, -0.2) is 0 Å². The summed E-state index contributed by atoms with van der Waals surface area (Å²) < 4.78 is 11.0. The summed E-state index contributed by atoms with van der Waals surface area (Å²) in [6, 6.07) is 0. The number of rotatable bonds is 8. The van der Waals surface area contributed by atoms with E-state index in [1.54, 1.807) is 12.2 Å². The van der Waals surface area contributed by atoms with Crippen molar-refractivity contribution in [1.29, 1.82) is 0 Å². The van der Waals surface area contributed by atoms with E-state index >= 15 is 0 Å². The first-order chi connectivity index (χ1) is 15.9. The molecule has 2 fully saturated rings. The predicted molar refractivity (Wildman–Crippen MR) is 126 cm³/mol. The Morgan fingerprint density at radius 3 is 2.50 bits per heavy atom. The van der Waals surface area contributed by atoms with Crippen LogP contribution in [0.1, 0.15) is 73.1 Å². The molecule has 3 rings (SSSR count). The van der Waals surface area contributed by atoms with Crippen molar-refractivity contribution in [3.05, 3.63) is 23.8 Å². The summed E-state index contributed by atoms with van der Waals surface area (Å²) in [5.41, 5.74) is -1.53. The van der Waals surface area contributed by atoms with Crippen molar-refractivity contribution in [2.45, 2.75) is 78.7 Å². The quantitative estimate of drug-likeness (QED) is 0.534. The van der Waals surface area contributed by atoms with Crippen molar-refractivity contribution >= 4 is 23.5 Å². The number of Topliss-reactive ketones (excluding diaryl/α,β-unsaturated/α-hetero) is 1. The molecule has 0 bridgehead atoms. The van der Waals surface area contributed by atoms with E-state index in [-0.39, 0.29) is 36.6 Å². The molecule has 7 nitrogen and oxygen atoms in total. The number of ether oxygens (including phenoxy) is 2. The van der Waals surface area contributed by atoms with E-state index in [4.69, 9.17) is 9.47 Å². The topological polar surface area (TPSA) is 107 Å². The molecule has 0 heterocycles. The number of fused-ring (bicyclic) bond motifs is 1. The predicted octanol–water partition coefficient (Wildman–Crippen LogP) is 3.73. The SMILES string of the molecule is CCCC(=O)OC1(C(=O)COC(C)=O)CCC(C2CCC3=CC(=O)C=CC3(C)C2CO)C1(C)C. The van der Waals surface area contributed by atoms with Crippen LogP contribution in [-0.4, -0.2) is 47.4 Å². The molecule has 0 saturated heterocycles. The lowest BCUT2D eigenvalue weighted by Gasteiger charge is -2.52. The summed E-state index contributed by atoms with van der Waals surface area (Å²) in [5, 5.41) is 10.5. The molecule has 0 aromatic heterocycles. The molecule has 0 aromatic carbocycles. The zero-order chi connectivity index (χ0) is 25.3. The highest BCUT2D eigenvalue weighted by Gasteiger charge is 2.64. The molecule has 0 radical (unpaired) electrons. The maximum atomic E-state index is 13.5. The zero-order valence-electron chi connectivity index (χ0n) is 21.0. The molecule has 7 heteroatoms. The van der Waals surface area contributed by atoms with Gasteiger partial charge in [-0.2, -0.15) is 0 Å². The standard InChI is InChI=1S/C27H38O7/c1-6-7-24(32)34-27(23(31)16-33-17(2)29)13-11-21(25(27,3)4)20-9-8-18-14-19(30)10-12-26(18,5)22(20)15-28/h10,12,14,20-22,28H,6-9,11,13,15-16H2,1-5H3. The van der Waals surface area contributed by atoms with Crippen LogP contribution < -0.4 is 0 Å². The largest absolute Gasteiger partial charge is 0.458 e. The first-order valence-corrected chi connectivity index (χ1v) is 12.4. The lowest BCUT2D eigenvalue weighted by molar-refractivity contribution is -0.185. The smallest absolute Gasteiger partial charge is 0.306 e. The van der Waals surface area contributed by atoms with Crippen molar-refractivity contribution < 1.29 is 33.8 Å². The highest BCUT2D eigenvalue weighted by molar-refractivity contribution is 6.01. The van der Waals surface area contributed by atoms with Gasteiger partial charge in [-0.05, 0) is 62.0 Å². The lowest BCUT2D eigenvalue weighted by atomic mass is 9.53. The maximum Gasteiger partial charge on any atom is 0.306 e. The van der Waals surface area contributed by atoms with E-state index in [1.165, 1.54) is 6.92 Å². The molecule has 3 aliphatic rings. The summed E-state index contributed by atoms with van der Waals surface area (Å²) in [5.74, 6) is -1.49. The Labute approximate surface area is 201 Å². The van der Waals surface area contributed by atoms with Crippen LogP contribution in [0.25, 0.3) is 0 Å². The van der Waals surface area contributed by atoms with Gasteiger partial charge in [0.2, 0.25) is 5.78 Å². The Balaban J connectivity index is 1.97. The molecular formula is C27H38O7. The zero-order valence-corrected chi connectivity index (χ0v) is 21.0. The van der Waals surface area contributed by atoms with Crippen LogP contribution in [0.3, 0.4) is 0 Å². The van der Waals surface area contributed by atoms with Crippen molar-refractivity contribution in [3.8, 4) is 0 Å². The Morgan fingerprint density at radius 2 is 1.88 bits per heavy atom. The molecule has 0 aromatic rings. The van der Waals surface area contributed by atoms with Crippen LogP contribution in [0, 0.1) is 28.6 Å². The number of hydrogen-bond donors (Lipinski definition) is 1. The molecule has 34 heavy (non-hydrogen) atoms. The molecule has 5 unspecified atom stereocenters. The lowest BCUT2D eigenvalue weighted by Crippen LogP contribution is -2.56. The average Bonchev–Trinajstić information content (AvgIpc) is 3.02. The highest BCUT2D eigenvalue weighted by Crippen LogP contribution is 2.61. The van der Waals surface area contributed by atoms with Gasteiger partial charge in [0.1, 0.15) is 0 Å². The summed E-state index contributed by atoms with van der Waals surface area (Å²) in [4.78, 5) is 49.5. The van der Waals surface area contributed by atoms with Crippen LogP contribution in [0.4, 0.5) is 0 Å². The molecule has 3 aliphatic carbocycles. The summed E-state index contributed by atoms with van der Waals surface area (Å²) in [6.45, 7) is 8.61. The van der Waals surface area contributed by atoms with Gasteiger partial charge in [-0.1, -0.05) is 39.3 Å². The monoisotopic (exact) mass is 474 g/mol. The first kappa shape index (κ1) is 26.3. The number of ketones is 2. The number of hydrogen-bond acceptors (Lipinski definition) is 7. The van der Waals surface area contributed by atoms with E-state index in [2.05, 4.69) is 6.92 Å². The van der Waals surface area contributed by atoms with Crippen molar-refractivity contribution in [3.63, 3.8) is 0 Å². The van der Waals surface area contributed by atoms with Crippen LogP contribution in [0.2, 0.25) is 0 Å². The number of carbonyl (C=O) groups excluding carboxylic acids is 4. The minimum absolute atomic E-state index is 0.00948. The van der Waals surface area contributed by atoms with E-state index in [9.17, 15) is 24.3 Å². The summed E-state index contributed by atoms with van der Waals surface area (Å²) in [6.07, 6.45) is 8.51. The summed E-state index contributed by atoms with van der Waals surface area (Å²) >= 11 is 0. The Bertz CT molecular complexity index is 914. The van der Waals surface area contributed by atoms with Crippen molar-refractivity contribution in [2.75, 3.05) is 13.2 Å². The molecule has 1 N–H and O–H groups in total. The fourth-order valence-corrected chi connectivity index (χ4v) is 6.78. The molecule has 0 aliphatic heterocycles. The third kappa shape index (κ3) is 4.39. The van der Waals surface area contributed by atoms with Crippen LogP contribution in [-0.2, 0) is 28.7 Å². The van der Waals surface area contributed by atoms with Gasteiger partial charge >= 0.3 is 11.9 Å². The van der Waals surface area contributed by atoms with Crippen LogP contribution in [0.15, 0.2) is 23.8 Å². The van der Waals surface area contributed by atoms with Crippen molar-refractivity contribution in [1.82, 2.24) is 0 Å². The van der Waals surface area contributed by atoms with Crippen LogP contribution in [0.5, 0.6) is 0 Å². The minimum atomic E-state index is -1.39. The highest BCUT2D eigenvalue weighted by atomic mass is 16.6. The molecule has 2 saturated carbocycles. The van der Waals surface area contributed by atoms with Crippen LogP contribution >= 0.6 is 0 Å². The van der Waals surface area contributed by atoms with E-state index in [1.807, 2.05) is 26.8 Å². The third-order valence-electron chi connectivity index (χ3n) is 8.72. The number of allylic oxidation sites excluding steroid dienone is 4. The van der Waals surface area contributed by atoms with Gasteiger partial charge in [0, 0.05) is 30.8 Å². The Morgan fingerprint density at radius 1 is 1.18 bits per heavy atom.